The molecule has 0 aromatic heterocycles. The molecule has 1 aliphatic rings. The number of para-hydroxylation sites is 2. The summed E-state index contributed by atoms with van der Waals surface area (Å²) in [5.74, 6) is -0.263. The highest BCUT2D eigenvalue weighted by Gasteiger charge is 2.30. The van der Waals surface area contributed by atoms with Gasteiger partial charge in [-0.25, -0.2) is 4.79 Å². The first-order valence-electron chi connectivity index (χ1n) is 7.98. The Morgan fingerprint density at radius 2 is 1.85 bits per heavy atom. The average molecular weight is 354 g/mol. The lowest BCUT2D eigenvalue weighted by Crippen LogP contribution is -2.28. The third kappa shape index (κ3) is 3.51. The number of benzene rings is 2. The molecule has 0 bridgehead atoms. The number of methoxy groups -OCH3 is 2. The molecule has 0 fully saturated rings. The second-order valence-corrected chi connectivity index (χ2v) is 5.56. The zero-order chi connectivity index (χ0) is 18.5. The first kappa shape index (κ1) is 17.5. The smallest absolute Gasteiger partial charge is 0.339 e. The van der Waals surface area contributed by atoms with Crippen molar-refractivity contribution in [1.82, 2.24) is 0 Å². The number of ether oxygens (including phenoxy) is 2. The predicted molar refractivity (Wildman–Crippen MR) is 95.4 cm³/mol. The van der Waals surface area contributed by atoms with Crippen LogP contribution in [-0.2, 0) is 14.4 Å². The summed E-state index contributed by atoms with van der Waals surface area (Å²) in [6, 6.07) is 14.0. The number of anilines is 1. The lowest BCUT2D eigenvalue weighted by atomic mass is 10.0. The molecule has 2 aromatic rings. The number of amides is 1. The molecule has 3 rings (SSSR count). The van der Waals surface area contributed by atoms with E-state index in [9.17, 15) is 9.59 Å². The molecule has 0 saturated heterocycles. The standard InChI is InChI=1S/C19H18N2O5/c1-24-16-10-6-4-7-12(16)15-11-17(26-21-15)18(22)20-14-9-5-3-8-13(14)19(23)25-2/h3-10,17H,11H2,1-2H3,(H,20,22)/t17-/m1/s1. The van der Waals surface area contributed by atoms with Gasteiger partial charge in [0.05, 0.1) is 31.2 Å². The molecule has 134 valence electrons. The number of rotatable bonds is 5. The van der Waals surface area contributed by atoms with Crippen LogP contribution in [0.3, 0.4) is 0 Å². The second-order valence-electron chi connectivity index (χ2n) is 5.56. The monoisotopic (exact) mass is 354 g/mol. The molecule has 1 aliphatic heterocycles. The van der Waals surface area contributed by atoms with Gasteiger partial charge in [0.25, 0.3) is 5.91 Å². The Balaban J connectivity index is 1.71. The molecule has 0 radical (unpaired) electrons. The molecule has 7 nitrogen and oxygen atoms in total. The van der Waals surface area contributed by atoms with Crippen LogP contribution in [0, 0.1) is 0 Å². The van der Waals surface area contributed by atoms with Crippen molar-refractivity contribution in [2.45, 2.75) is 12.5 Å². The number of carbonyl (C=O) groups is 2. The Morgan fingerprint density at radius 3 is 2.62 bits per heavy atom. The maximum atomic E-state index is 12.5. The Hall–Kier alpha value is -3.35. The number of nitrogens with one attached hydrogen (secondary N) is 1. The lowest BCUT2D eigenvalue weighted by molar-refractivity contribution is -0.125. The van der Waals surface area contributed by atoms with Gasteiger partial charge in [-0.2, -0.15) is 0 Å². The average Bonchev–Trinajstić information content (AvgIpc) is 3.18. The van der Waals surface area contributed by atoms with Crippen LogP contribution < -0.4 is 10.1 Å². The van der Waals surface area contributed by atoms with Crippen molar-refractivity contribution in [2.75, 3.05) is 19.5 Å². The minimum absolute atomic E-state index is 0.271. The highest BCUT2D eigenvalue weighted by atomic mass is 16.6. The number of carbonyl (C=O) groups excluding carboxylic acids is 2. The van der Waals surface area contributed by atoms with Crippen LogP contribution in [0.15, 0.2) is 53.7 Å². The van der Waals surface area contributed by atoms with Crippen molar-refractivity contribution in [3.05, 3.63) is 59.7 Å². The Labute approximate surface area is 150 Å². The second kappa shape index (κ2) is 7.69. The summed E-state index contributed by atoms with van der Waals surface area (Å²) >= 11 is 0. The van der Waals surface area contributed by atoms with Gasteiger partial charge in [-0.05, 0) is 24.3 Å². The van der Waals surface area contributed by atoms with Gasteiger partial charge in [-0.15, -0.1) is 0 Å². The number of hydrogen-bond donors (Lipinski definition) is 1. The van der Waals surface area contributed by atoms with Crippen LogP contribution in [0.25, 0.3) is 0 Å². The molecule has 1 amide bonds. The molecule has 2 aromatic carbocycles. The topological polar surface area (TPSA) is 86.2 Å². The normalized spacial score (nSPS) is 15.6. The highest BCUT2D eigenvalue weighted by molar-refractivity contribution is 6.08. The summed E-state index contributed by atoms with van der Waals surface area (Å²) in [4.78, 5) is 29.6. The van der Waals surface area contributed by atoms with Gasteiger partial charge in [0, 0.05) is 12.0 Å². The molecular formula is C19H18N2O5. The third-order valence-corrected chi connectivity index (χ3v) is 3.97. The molecule has 1 atom stereocenters. The van der Waals surface area contributed by atoms with E-state index in [4.69, 9.17) is 14.3 Å². The molecule has 26 heavy (non-hydrogen) atoms. The van der Waals surface area contributed by atoms with E-state index in [0.29, 0.717) is 23.6 Å². The van der Waals surface area contributed by atoms with Crippen LogP contribution in [0.1, 0.15) is 22.3 Å². The van der Waals surface area contributed by atoms with Crippen LogP contribution >= 0.6 is 0 Å². The Morgan fingerprint density at radius 1 is 1.12 bits per heavy atom. The molecule has 0 spiro atoms. The van der Waals surface area contributed by atoms with Crippen molar-refractivity contribution in [3.63, 3.8) is 0 Å². The van der Waals surface area contributed by atoms with Gasteiger partial charge in [0.1, 0.15) is 5.75 Å². The molecule has 7 heteroatoms. The zero-order valence-corrected chi connectivity index (χ0v) is 14.4. The van der Waals surface area contributed by atoms with Gasteiger partial charge in [0.15, 0.2) is 0 Å². The van der Waals surface area contributed by atoms with Gasteiger partial charge < -0.3 is 19.6 Å². The van der Waals surface area contributed by atoms with E-state index in [-0.39, 0.29) is 5.56 Å². The number of oxime groups is 1. The maximum absolute atomic E-state index is 12.5. The number of hydrogen-bond acceptors (Lipinski definition) is 6. The summed E-state index contributed by atoms with van der Waals surface area (Å²) in [5.41, 5.74) is 2.04. The first-order valence-corrected chi connectivity index (χ1v) is 7.98. The van der Waals surface area contributed by atoms with Crippen molar-refractivity contribution in [3.8, 4) is 5.75 Å². The van der Waals surface area contributed by atoms with Crippen LogP contribution in [0.4, 0.5) is 5.69 Å². The molecule has 1 N–H and O–H groups in total. The molecule has 0 saturated carbocycles. The third-order valence-electron chi connectivity index (χ3n) is 3.97. The summed E-state index contributed by atoms with van der Waals surface area (Å²) in [5, 5.41) is 6.72. The summed E-state index contributed by atoms with van der Waals surface area (Å²) in [6.07, 6.45) is -0.493. The summed E-state index contributed by atoms with van der Waals surface area (Å²) in [6.45, 7) is 0. The van der Waals surface area contributed by atoms with Crippen LogP contribution in [0.5, 0.6) is 5.75 Å². The van der Waals surface area contributed by atoms with Gasteiger partial charge in [0.2, 0.25) is 6.10 Å². The first-order chi connectivity index (χ1) is 12.6. The van der Waals surface area contributed by atoms with Crippen molar-refractivity contribution >= 4 is 23.3 Å². The summed E-state index contributed by atoms with van der Waals surface area (Å²) < 4.78 is 10.0. The fraction of sp³-hybridized carbons (Fsp3) is 0.211. The van der Waals surface area contributed by atoms with Crippen molar-refractivity contribution in [1.29, 1.82) is 0 Å². The van der Waals surface area contributed by atoms with Crippen LogP contribution in [0.2, 0.25) is 0 Å². The van der Waals surface area contributed by atoms with E-state index in [1.165, 1.54) is 7.11 Å². The van der Waals surface area contributed by atoms with Crippen molar-refractivity contribution in [2.24, 2.45) is 5.16 Å². The molecule has 0 aliphatic carbocycles. The number of nitrogens with zero attached hydrogens (tertiary/aromatic N) is 1. The van der Waals surface area contributed by atoms with Gasteiger partial charge >= 0.3 is 5.97 Å². The minimum atomic E-state index is -0.791. The molecule has 0 unspecified atom stereocenters. The number of esters is 1. The van der Waals surface area contributed by atoms with Gasteiger partial charge in [-0.3, -0.25) is 4.79 Å². The largest absolute Gasteiger partial charge is 0.496 e. The van der Waals surface area contributed by atoms with E-state index in [1.807, 2.05) is 24.3 Å². The van der Waals surface area contributed by atoms with E-state index in [0.717, 1.165) is 5.56 Å². The van der Waals surface area contributed by atoms with Crippen molar-refractivity contribution < 1.29 is 23.9 Å². The van der Waals surface area contributed by atoms with E-state index < -0.39 is 18.0 Å². The summed E-state index contributed by atoms with van der Waals surface area (Å²) in [7, 11) is 2.86. The minimum Gasteiger partial charge on any atom is -0.496 e. The quantitative estimate of drug-likeness (QED) is 0.834. The zero-order valence-electron chi connectivity index (χ0n) is 14.4. The van der Waals surface area contributed by atoms with Gasteiger partial charge in [-0.1, -0.05) is 29.4 Å². The van der Waals surface area contributed by atoms with E-state index >= 15 is 0 Å². The highest BCUT2D eigenvalue weighted by Crippen LogP contribution is 2.25. The fourth-order valence-electron chi connectivity index (χ4n) is 2.65. The molecular weight excluding hydrogens is 336 g/mol. The molecule has 1 heterocycles. The maximum Gasteiger partial charge on any atom is 0.339 e. The van der Waals surface area contributed by atoms with Crippen LogP contribution in [-0.4, -0.2) is 37.9 Å². The SMILES string of the molecule is COC(=O)c1ccccc1NC(=O)[C@H]1CC(c2ccccc2OC)=NO1. The Bertz CT molecular complexity index is 863. The lowest BCUT2D eigenvalue weighted by Gasteiger charge is -2.12. The Kier molecular flexibility index (Phi) is 5.17. The fourth-order valence-corrected chi connectivity index (χ4v) is 2.65. The van der Waals surface area contributed by atoms with E-state index in [2.05, 4.69) is 10.5 Å². The predicted octanol–water partition coefficient (Wildman–Crippen LogP) is 2.61. The van der Waals surface area contributed by atoms with E-state index in [1.54, 1.807) is 31.4 Å².